The average Bonchev–Trinajstić information content (AvgIpc) is 2.83. The standard InChI is InChI=1S/C17H18O4/c1-17-13-6-4-3-5-12(13)15(18)9-14(17)11(10-21-17)7-8-16(19)20-2/h3-8,11,14H,9-10H2,1-2H3/b8-7+/t11-,14-,17-/m1/s1. The minimum atomic E-state index is -0.463. The third-order valence-corrected chi connectivity index (χ3v) is 4.65. The number of carbonyl (C=O) groups excluding carboxylic acids is 2. The number of rotatable bonds is 2. The SMILES string of the molecule is COC(=O)/C=C/[C@@H]1CO[C@]2(C)c3ccccc3C(=O)C[C@H]12. The fourth-order valence-electron chi connectivity index (χ4n) is 3.45. The highest BCUT2D eigenvalue weighted by Crippen LogP contribution is 2.50. The third-order valence-electron chi connectivity index (χ3n) is 4.65. The Morgan fingerprint density at radius 1 is 1.43 bits per heavy atom. The van der Waals surface area contributed by atoms with Crippen molar-refractivity contribution < 1.29 is 19.1 Å². The summed E-state index contributed by atoms with van der Waals surface area (Å²) in [6.45, 7) is 2.55. The molecule has 3 atom stereocenters. The molecule has 0 spiro atoms. The highest BCUT2D eigenvalue weighted by Gasteiger charge is 2.51. The van der Waals surface area contributed by atoms with Crippen molar-refractivity contribution >= 4 is 11.8 Å². The molecule has 4 heteroatoms. The van der Waals surface area contributed by atoms with E-state index in [-0.39, 0.29) is 23.6 Å². The van der Waals surface area contributed by atoms with Crippen molar-refractivity contribution in [2.75, 3.05) is 13.7 Å². The molecule has 1 heterocycles. The number of ketones is 1. The molecule has 0 amide bonds. The zero-order valence-corrected chi connectivity index (χ0v) is 12.2. The smallest absolute Gasteiger partial charge is 0.330 e. The summed E-state index contributed by atoms with van der Waals surface area (Å²) in [6, 6.07) is 7.64. The molecule has 3 rings (SSSR count). The zero-order chi connectivity index (χ0) is 15.0. The van der Waals surface area contributed by atoms with Gasteiger partial charge in [0.25, 0.3) is 0 Å². The van der Waals surface area contributed by atoms with Crippen LogP contribution in [0.15, 0.2) is 36.4 Å². The number of hydrogen-bond acceptors (Lipinski definition) is 4. The predicted octanol–water partition coefficient (Wildman–Crippen LogP) is 2.48. The van der Waals surface area contributed by atoms with Gasteiger partial charge in [-0.15, -0.1) is 0 Å². The number of carbonyl (C=O) groups is 2. The molecular weight excluding hydrogens is 268 g/mol. The Morgan fingerprint density at radius 2 is 2.19 bits per heavy atom. The maximum atomic E-state index is 12.3. The molecule has 1 saturated heterocycles. The van der Waals surface area contributed by atoms with Crippen LogP contribution >= 0.6 is 0 Å². The van der Waals surface area contributed by atoms with E-state index < -0.39 is 5.60 Å². The minimum absolute atomic E-state index is 0.0476. The lowest BCUT2D eigenvalue weighted by Gasteiger charge is -2.37. The number of benzene rings is 1. The van der Waals surface area contributed by atoms with Gasteiger partial charge < -0.3 is 9.47 Å². The third kappa shape index (κ3) is 2.20. The molecule has 0 N–H and O–H groups in total. The van der Waals surface area contributed by atoms with Crippen molar-refractivity contribution in [1.29, 1.82) is 0 Å². The highest BCUT2D eigenvalue weighted by molar-refractivity contribution is 5.99. The molecule has 1 aromatic carbocycles. The Morgan fingerprint density at radius 3 is 2.95 bits per heavy atom. The summed E-state index contributed by atoms with van der Waals surface area (Å²) in [4.78, 5) is 23.6. The van der Waals surface area contributed by atoms with Crippen LogP contribution in [0.4, 0.5) is 0 Å². The van der Waals surface area contributed by atoms with Gasteiger partial charge in [0.1, 0.15) is 0 Å². The first-order valence-electron chi connectivity index (χ1n) is 7.09. The van der Waals surface area contributed by atoms with Crippen molar-refractivity contribution in [2.24, 2.45) is 11.8 Å². The molecule has 1 aliphatic heterocycles. The van der Waals surface area contributed by atoms with E-state index in [0.717, 1.165) is 11.1 Å². The summed E-state index contributed by atoms with van der Waals surface area (Å²) in [5.41, 5.74) is 1.25. The van der Waals surface area contributed by atoms with Crippen molar-refractivity contribution in [2.45, 2.75) is 18.9 Å². The van der Waals surface area contributed by atoms with Crippen LogP contribution in [0.1, 0.15) is 29.3 Å². The van der Waals surface area contributed by atoms with Crippen molar-refractivity contribution in [3.05, 3.63) is 47.5 Å². The van der Waals surface area contributed by atoms with Crippen molar-refractivity contribution in [1.82, 2.24) is 0 Å². The quantitative estimate of drug-likeness (QED) is 0.619. The number of esters is 1. The van der Waals surface area contributed by atoms with Crippen LogP contribution < -0.4 is 0 Å². The molecule has 0 aromatic heterocycles. The monoisotopic (exact) mass is 286 g/mol. The molecule has 4 nitrogen and oxygen atoms in total. The minimum Gasteiger partial charge on any atom is -0.466 e. The predicted molar refractivity (Wildman–Crippen MR) is 76.8 cm³/mol. The van der Waals surface area contributed by atoms with Gasteiger partial charge in [0, 0.05) is 29.9 Å². The summed E-state index contributed by atoms with van der Waals surface area (Å²) >= 11 is 0. The molecule has 0 radical (unpaired) electrons. The first-order chi connectivity index (χ1) is 10.1. The van der Waals surface area contributed by atoms with Crippen LogP contribution in [0, 0.1) is 11.8 Å². The van der Waals surface area contributed by atoms with Gasteiger partial charge in [-0.2, -0.15) is 0 Å². The maximum absolute atomic E-state index is 12.3. The van der Waals surface area contributed by atoms with Gasteiger partial charge in [-0.25, -0.2) is 4.79 Å². The van der Waals surface area contributed by atoms with Gasteiger partial charge >= 0.3 is 5.97 Å². The average molecular weight is 286 g/mol. The lowest BCUT2D eigenvalue weighted by Crippen LogP contribution is -2.38. The fraction of sp³-hybridized carbons (Fsp3) is 0.412. The van der Waals surface area contributed by atoms with Gasteiger partial charge in [0.05, 0.1) is 19.3 Å². The van der Waals surface area contributed by atoms with Crippen LogP contribution in [0.25, 0.3) is 0 Å². The Kier molecular flexibility index (Phi) is 3.41. The molecule has 1 fully saturated rings. The molecular formula is C17H18O4. The molecule has 1 aromatic rings. The number of Topliss-reactive ketones (excluding diaryl/α,β-unsaturated/α-hetero) is 1. The molecule has 0 bridgehead atoms. The van der Waals surface area contributed by atoms with Gasteiger partial charge in [-0.3, -0.25) is 4.79 Å². The summed E-state index contributed by atoms with van der Waals surface area (Å²) in [6.07, 6.45) is 3.68. The second-order valence-electron chi connectivity index (χ2n) is 5.74. The lowest BCUT2D eigenvalue weighted by molar-refractivity contribution is -0.134. The van der Waals surface area contributed by atoms with Gasteiger partial charge in [0.15, 0.2) is 5.78 Å². The number of hydrogen-bond donors (Lipinski definition) is 0. The normalized spacial score (nSPS) is 31.0. The first-order valence-corrected chi connectivity index (χ1v) is 7.09. The van der Waals surface area contributed by atoms with Crippen LogP contribution in [0.3, 0.4) is 0 Å². The summed E-state index contributed by atoms with van der Waals surface area (Å²) in [7, 11) is 1.35. The molecule has 110 valence electrons. The van der Waals surface area contributed by atoms with Crippen molar-refractivity contribution in [3.63, 3.8) is 0 Å². The second-order valence-corrected chi connectivity index (χ2v) is 5.74. The van der Waals surface area contributed by atoms with E-state index in [0.29, 0.717) is 13.0 Å². The van der Waals surface area contributed by atoms with Crippen LogP contribution in [-0.2, 0) is 19.9 Å². The Balaban J connectivity index is 1.94. The van der Waals surface area contributed by atoms with Crippen LogP contribution in [-0.4, -0.2) is 25.5 Å². The van der Waals surface area contributed by atoms with Gasteiger partial charge in [-0.05, 0) is 12.5 Å². The number of methoxy groups -OCH3 is 1. The molecule has 0 saturated carbocycles. The Labute approximate surface area is 123 Å². The van der Waals surface area contributed by atoms with E-state index >= 15 is 0 Å². The number of fused-ring (bicyclic) bond motifs is 3. The molecule has 2 aliphatic rings. The lowest BCUT2D eigenvalue weighted by atomic mass is 9.69. The summed E-state index contributed by atoms with van der Waals surface area (Å²) < 4.78 is 10.7. The fourth-order valence-corrected chi connectivity index (χ4v) is 3.45. The summed E-state index contributed by atoms with van der Waals surface area (Å²) in [5, 5.41) is 0. The number of ether oxygens (including phenoxy) is 2. The van der Waals surface area contributed by atoms with E-state index in [1.807, 2.05) is 37.3 Å². The van der Waals surface area contributed by atoms with E-state index in [2.05, 4.69) is 4.74 Å². The largest absolute Gasteiger partial charge is 0.466 e. The molecule has 1 aliphatic carbocycles. The van der Waals surface area contributed by atoms with E-state index in [4.69, 9.17) is 4.74 Å². The van der Waals surface area contributed by atoms with E-state index in [9.17, 15) is 9.59 Å². The van der Waals surface area contributed by atoms with Gasteiger partial charge in [0.2, 0.25) is 0 Å². The van der Waals surface area contributed by atoms with Crippen molar-refractivity contribution in [3.8, 4) is 0 Å². The zero-order valence-electron chi connectivity index (χ0n) is 12.2. The maximum Gasteiger partial charge on any atom is 0.330 e. The van der Waals surface area contributed by atoms with E-state index in [1.165, 1.54) is 13.2 Å². The second kappa shape index (κ2) is 5.11. The van der Waals surface area contributed by atoms with E-state index in [1.54, 1.807) is 0 Å². The van der Waals surface area contributed by atoms with Crippen LogP contribution in [0.2, 0.25) is 0 Å². The topological polar surface area (TPSA) is 52.6 Å². The Bertz CT molecular complexity index is 619. The van der Waals surface area contributed by atoms with Crippen LogP contribution in [0.5, 0.6) is 0 Å². The highest BCUT2D eigenvalue weighted by atomic mass is 16.5. The molecule has 0 unspecified atom stereocenters. The van der Waals surface area contributed by atoms with Gasteiger partial charge in [-0.1, -0.05) is 30.3 Å². The first kappa shape index (κ1) is 14.0. The molecule has 21 heavy (non-hydrogen) atoms. The summed E-state index contributed by atoms with van der Waals surface area (Å²) in [5.74, 6) is -0.131. The Hall–Kier alpha value is -1.94.